The van der Waals surface area contributed by atoms with Crippen molar-refractivity contribution in [1.29, 1.82) is 0 Å². The summed E-state index contributed by atoms with van der Waals surface area (Å²) in [7, 11) is 1.96. The quantitative estimate of drug-likeness (QED) is 0.760. The molecule has 0 aliphatic rings. The van der Waals surface area contributed by atoms with E-state index in [4.69, 9.17) is 11.6 Å². The van der Waals surface area contributed by atoms with Crippen molar-refractivity contribution in [3.63, 3.8) is 0 Å². The first-order chi connectivity index (χ1) is 9.60. The highest BCUT2D eigenvalue weighted by Gasteiger charge is 2.22. The van der Waals surface area contributed by atoms with Crippen LogP contribution in [0.15, 0.2) is 24.4 Å². The molecule has 20 heavy (non-hydrogen) atoms. The van der Waals surface area contributed by atoms with Crippen molar-refractivity contribution in [2.75, 3.05) is 7.05 Å². The molecule has 1 N–H and O–H groups in total. The summed E-state index contributed by atoms with van der Waals surface area (Å²) < 4.78 is 3.27. The smallest absolute Gasteiger partial charge is 0.0837 e. The second-order valence-corrected chi connectivity index (χ2v) is 6.29. The van der Waals surface area contributed by atoms with E-state index in [2.05, 4.69) is 65.1 Å². The van der Waals surface area contributed by atoms with Crippen molar-refractivity contribution in [3.05, 3.63) is 49.8 Å². The van der Waals surface area contributed by atoms with Gasteiger partial charge in [-0.25, -0.2) is 0 Å². The van der Waals surface area contributed by atoms with E-state index in [9.17, 15) is 0 Å². The number of aromatic nitrogens is 2. The Labute approximate surface area is 138 Å². The van der Waals surface area contributed by atoms with Gasteiger partial charge in [-0.15, -0.1) is 0 Å². The van der Waals surface area contributed by atoms with Gasteiger partial charge in [0.15, 0.2) is 0 Å². The first kappa shape index (κ1) is 15.8. The van der Waals surface area contributed by atoms with Crippen LogP contribution < -0.4 is 5.32 Å². The van der Waals surface area contributed by atoms with E-state index in [1.54, 1.807) is 6.20 Å². The lowest BCUT2D eigenvalue weighted by atomic mass is 10.0. The molecule has 0 spiro atoms. The molecule has 2 aromatic rings. The van der Waals surface area contributed by atoms with Crippen LogP contribution in [0.4, 0.5) is 0 Å². The molecule has 1 unspecified atom stereocenters. The van der Waals surface area contributed by atoms with Crippen LogP contribution in [-0.2, 0) is 6.54 Å². The molecule has 2 rings (SSSR count). The van der Waals surface area contributed by atoms with Crippen molar-refractivity contribution >= 4 is 34.2 Å². The summed E-state index contributed by atoms with van der Waals surface area (Å²) in [6, 6.07) is 6.42. The summed E-state index contributed by atoms with van der Waals surface area (Å²) in [5.74, 6) is 0. The lowest BCUT2D eigenvalue weighted by Gasteiger charge is -2.21. The standard InChI is InChI=1S/C15H19ClIN3/c1-4-8-20-15(12(16)9-19-20)14(18-3)11-7-5-6-10(2)13(11)17/h5-7,9,14,18H,4,8H2,1-3H3. The number of aryl methyl sites for hydroxylation is 2. The molecular formula is C15H19ClIN3. The SMILES string of the molecule is CCCn1ncc(Cl)c1C(NC)c1cccc(C)c1I. The van der Waals surface area contributed by atoms with Crippen LogP contribution in [0.25, 0.3) is 0 Å². The number of hydrogen-bond donors (Lipinski definition) is 1. The molecule has 1 atom stereocenters. The zero-order valence-corrected chi connectivity index (χ0v) is 14.9. The number of benzene rings is 1. The van der Waals surface area contributed by atoms with Gasteiger partial charge in [-0.1, -0.05) is 36.7 Å². The number of hydrogen-bond acceptors (Lipinski definition) is 2. The third kappa shape index (κ3) is 3.02. The van der Waals surface area contributed by atoms with Gasteiger partial charge in [0.1, 0.15) is 0 Å². The molecule has 0 saturated carbocycles. The Morgan fingerprint density at radius 3 is 2.85 bits per heavy atom. The Morgan fingerprint density at radius 1 is 1.45 bits per heavy atom. The van der Waals surface area contributed by atoms with Crippen molar-refractivity contribution in [3.8, 4) is 0 Å². The van der Waals surface area contributed by atoms with Crippen molar-refractivity contribution < 1.29 is 0 Å². The van der Waals surface area contributed by atoms with Gasteiger partial charge >= 0.3 is 0 Å². The van der Waals surface area contributed by atoms with Gasteiger partial charge in [0.25, 0.3) is 0 Å². The molecule has 0 bridgehead atoms. The average Bonchev–Trinajstić information content (AvgIpc) is 2.78. The lowest BCUT2D eigenvalue weighted by molar-refractivity contribution is 0.534. The molecular weight excluding hydrogens is 385 g/mol. The number of nitrogens with zero attached hydrogens (tertiary/aromatic N) is 2. The summed E-state index contributed by atoms with van der Waals surface area (Å²) in [5.41, 5.74) is 3.56. The predicted molar refractivity (Wildman–Crippen MR) is 92.3 cm³/mol. The molecule has 0 saturated heterocycles. The van der Waals surface area contributed by atoms with Gasteiger partial charge in [-0.2, -0.15) is 5.10 Å². The van der Waals surface area contributed by atoms with Crippen LogP contribution in [0.3, 0.4) is 0 Å². The normalized spacial score (nSPS) is 12.7. The van der Waals surface area contributed by atoms with Gasteiger partial charge in [0, 0.05) is 10.1 Å². The van der Waals surface area contributed by atoms with Crippen molar-refractivity contribution in [2.24, 2.45) is 0 Å². The van der Waals surface area contributed by atoms with Crippen LogP contribution in [0.2, 0.25) is 5.02 Å². The van der Waals surface area contributed by atoms with Crippen LogP contribution in [0.5, 0.6) is 0 Å². The molecule has 0 fully saturated rings. The largest absolute Gasteiger partial charge is 0.308 e. The van der Waals surface area contributed by atoms with E-state index in [0.29, 0.717) is 0 Å². The molecule has 5 heteroatoms. The highest BCUT2D eigenvalue weighted by atomic mass is 127. The Bertz CT molecular complexity index is 595. The summed E-state index contributed by atoms with van der Waals surface area (Å²) in [5, 5.41) is 8.49. The number of nitrogens with one attached hydrogen (secondary N) is 1. The Kier molecular flexibility index (Phi) is 5.46. The maximum Gasteiger partial charge on any atom is 0.0837 e. The van der Waals surface area contributed by atoms with Crippen molar-refractivity contribution in [1.82, 2.24) is 15.1 Å². The topological polar surface area (TPSA) is 29.9 Å². The minimum atomic E-state index is 0.0587. The third-order valence-electron chi connectivity index (χ3n) is 3.36. The fourth-order valence-electron chi connectivity index (χ4n) is 2.38. The fraction of sp³-hybridized carbons (Fsp3) is 0.400. The van der Waals surface area contributed by atoms with Crippen LogP contribution in [0.1, 0.15) is 36.2 Å². The van der Waals surface area contributed by atoms with Gasteiger partial charge in [-0.05, 0) is 54.1 Å². The third-order valence-corrected chi connectivity index (χ3v) is 5.13. The molecule has 108 valence electrons. The van der Waals surface area contributed by atoms with Crippen LogP contribution in [0, 0.1) is 10.5 Å². The summed E-state index contributed by atoms with van der Waals surface area (Å²) >= 11 is 8.77. The Morgan fingerprint density at radius 2 is 2.20 bits per heavy atom. The van der Waals surface area contributed by atoms with Gasteiger partial charge in [-0.3, -0.25) is 4.68 Å². The van der Waals surface area contributed by atoms with Crippen molar-refractivity contribution in [2.45, 2.75) is 32.9 Å². The first-order valence-electron chi connectivity index (χ1n) is 6.73. The molecule has 1 aromatic carbocycles. The predicted octanol–water partition coefficient (Wildman–Crippen LogP) is 4.17. The second kappa shape index (κ2) is 6.91. The minimum Gasteiger partial charge on any atom is -0.308 e. The van der Waals surface area contributed by atoms with E-state index >= 15 is 0 Å². The first-order valence-corrected chi connectivity index (χ1v) is 8.19. The van der Waals surface area contributed by atoms with Crippen LogP contribution >= 0.6 is 34.2 Å². The average molecular weight is 404 g/mol. The summed E-state index contributed by atoms with van der Waals surface area (Å²) in [6.45, 7) is 5.15. The van der Waals surface area contributed by atoms with E-state index in [1.165, 1.54) is 14.7 Å². The Hall–Kier alpha value is -0.590. The zero-order valence-electron chi connectivity index (χ0n) is 12.0. The molecule has 1 aromatic heterocycles. The second-order valence-electron chi connectivity index (χ2n) is 4.80. The lowest BCUT2D eigenvalue weighted by Crippen LogP contribution is -2.23. The van der Waals surface area contributed by atoms with Gasteiger partial charge in [0.05, 0.1) is 23.0 Å². The summed E-state index contributed by atoms with van der Waals surface area (Å²) in [4.78, 5) is 0. The molecule has 3 nitrogen and oxygen atoms in total. The van der Waals surface area contributed by atoms with Crippen LogP contribution in [-0.4, -0.2) is 16.8 Å². The molecule has 0 radical (unpaired) electrons. The highest BCUT2D eigenvalue weighted by Crippen LogP contribution is 2.31. The molecule has 1 heterocycles. The number of halogens is 2. The highest BCUT2D eigenvalue weighted by molar-refractivity contribution is 14.1. The molecule has 0 aliphatic heterocycles. The molecule has 0 amide bonds. The summed E-state index contributed by atoms with van der Waals surface area (Å²) in [6.07, 6.45) is 2.77. The minimum absolute atomic E-state index is 0.0587. The van der Waals surface area contributed by atoms with Gasteiger partial charge < -0.3 is 5.32 Å². The van der Waals surface area contributed by atoms with E-state index in [-0.39, 0.29) is 6.04 Å². The number of rotatable bonds is 5. The maximum absolute atomic E-state index is 6.37. The zero-order chi connectivity index (χ0) is 14.7. The van der Waals surface area contributed by atoms with E-state index in [1.807, 2.05) is 11.7 Å². The molecule has 0 aliphatic carbocycles. The van der Waals surface area contributed by atoms with E-state index in [0.717, 1.165) is 23.7 Å². The monoisotopic (exact) mass is 403 g/mol. The van der Waals surface area contributed by atoms with E-state index < -0.39 is 0 Å². The Balaban J connectivity index is 2.52. The maximum atomic E-state index is 6.37. The fourth-order valence-corrected chi connectivity index (χ4v) is 3.30. The van der Waals surface area contributed by atoms with Gasteiger partial charge in [0.2, 0.25) is 0 Å².